The van der Waals surface area contributed by atoms with Crippen molar-refractivity contribution in [2.75, 3.05) is 6.54 Å². The third-order valence-electron chi connectivity index (χ3n) is 3.18. The highest BCUT2D eigenvalue weighted by Crippen LogP contribution is 2.05. The first-order valence-electron chi connectivity index (χ1n) is 7.31. The number of rotatable bonds is 9. The van der Waals surface area contributed by atoms with Gasteiger partial charge in [-0.05, 0) is 24.1 Å². The summed E-state index contributed by atoms with van der Waals surface area (Å²) in [6.07, 6.45) is -0.236. The van der Waals surface area contributed by atoms with E-state index in [9.17, 15) is 19.2 Å². The van der Waals surface area contributed by atoms with Gasteiger partial charge in [-0.25, -0.2) is 4.79 Å². The van der Waals surface area contributed by atoms with Crippen molar-refractivity contribution in [3.05, 3.63) is 35.4 Å². The second-order valence-electron chi connectivity index (χ2n) is 5.14. The number of nitrogens with zero attached hydrogens (tertiary/aromatic N) is 1. The molecule has 0 spiro atoms. The molecule has 0 bridgehead atoms. The predicted molar refractivity (Wildman–Crippen MR) is 84.3 cm³/mol. The zero-order chi connectivity index (χ0) is 18.8. The van der Waals surface area contributed by atoms with Gasteiger partial charge in [-0.1, -0.05) is 12.1 Å². The van der Waals surface area contributed by atoms with Crippen molar-refractivity contribution in [2.24, 2.45) is 0 Å². The lowest BCUT2D eigenvalue weighted by Crippen LogP contribution is -2.46. The maximum atomic E-state index is 11.7. The van der Waals surface area contributed by atoms with E-state index >= 15 is 0 Å². The van der Waals surface area contributed by atoms with Crippen molar-refractivity contribution in [1.29, 1.82) is 5.26 Å². The highest BCUT2D eigenvalue weighted by atomic mass is 16.4. The quantitative estimate of drug-likeness (QED) is 0.475. The van der Waals surface area contributed by atoms with Crippen LogP contribution >= 0.6 is 0 Å². The number of nitrogens with one attached hydrogen (secondary N) is 2. The van der Waals surface area contributed by atoms with Gasteiger partial charge in [-0.2, -0.15) is 5.26 Å². The number of carbonyl (C=O) groups is 4. The Labute approximate surface area is 143 Å². The van der Waals surface area contributed by atoms with Gasteiger partial charge in [0.2, 0.25) is 11.8 Å². The van der Waals surface area contributed by atoms with Crippen molar-refractivity contribution < 1.29 is 29.4 Å². The Bertz CT molecular complexity index is 693. The average Bonchev–Trinajstić information content (AvgIpc) is 2.57. The third-order valence-corrected chi connectivity index (χ3v) is 3.18. The fourth-order valence-corrected chi connectivity index (χ4v) is 1.89. The standard InChI is InChI=1S/C16H17N3O6/c17-8-11-3-1-10(2-4-11)5-6-13(20)18-9-14(21)19-12(16(24)25)7-15(22)23/h1-4,12H,5-7,9H2,(H,18,20)(H,19,21)(H,22,23)(H,24,25)/t12-/m0/s1. The van der Waals surface area contributed by atoms with Crippen LogP contribution < -0.4 is 10.6 Å². The molecule has 0 saturated heterocycles. The van der Waals surface area contributed by atoms with Crippen LogP contribution in [0.5, 0.6) is 0 Å². The number of hydrogen-bond acceptors (Lipinski definition) is 5. The zero-order valence-electron chi connectivity index (χ0n) is 13.2. The van der Waals surface area contributed by atoms with Crippen LogP contribution in [-0.4, -0.2) is 46.6 Å². The second kappa shape index (κ2) is 9.67. The maximum absolute atomic E-state index is 11.7. The van der Waals surface area contributed by atoms with E-state index in [1.54, 1.807) is 24.3 Å². The van der Waals surface area contributed by atoms with Crippen LogP contribution in [0.3, 0.4) is 0 Å². The molecule has 0 aromatic heterocycles. The Hall–Kier alpha value is -3.41. The molecule has 9 nitrogen and oxygen atoms in total. The smallest absolute Gasteiger partial charge is 0.326 e. The lowest BCUT2D eigenvalue weighted by atomic mass is 10.1. The molecule has 0 unspecified atom stereocenters. The number of aliphatic carboxylic acids is 2. The molecular formula is C16H17N3O6. The Kier molecular flexibility index (Phi) is 7.59. The average molecular weight is 347 g/mol. The molecule has 0 fully saturated rings. The van der Waals surface area contributed by atoms with E-state index in [1.807, 2.05) is 11.4 Å². The summed E-state index contributed by atoms with van der Waals surface area (Å²) in [7, 11) is 0. The topological polar surface area (TPSA) is 157 Å². The van der Waals surface area contributed by atoms with Crippen molar-refractivity contribution in [1.82, 2.24) is 10.6 Å². The number of aryl methyl sites for hydroxylation is 1. The van der Waals surface area contributed by atoms with Gasteiger partial charge in [-0.15, -0.1) is 0 Å². The zero-order valence-corrected chi connectivity index (χ0v) is 13.2. The first-order chi connectivity index (χ1) is 11.8. The summed E-state index contributed by atoms with van der Waals surface area (Å²) in [5.74, 6) is -4.04. The number of carboxylic acid groups (broad SMARTS) is 2. The van der Waals surface area contributed by atoms with Crippen molar-refractivity contribution in [3.63, 3.8) is 0 Å². The van der Waals surface area contributed by atoms with Crippen LogP contribution in [0.25, 0.3) is 0 Å². The Balaban J connectivity index is 2.36. The van der Waals surface area contributed by atoms with E-state index in [4.69, 9.17) is 15.5 Å². The van der Waals surface area contributed by atoms with Gasteiger partial charge in [0.1, 0.15) is 6.04 Å². The van der Waals surface area contributed by atoms with Crippen molar-refractivity contribution >= 4 is 23.8 Å². The van der Waals surface area contributed by atoms with E-state index in [0.29, 0.717) is 12.0 Å². The molecule has 25 heavy (non-hydrogen) atoms. The molecule has 132 valence electrons. The molecule has 2 amide bonds. The fourth-order valence-electron chi connectivity index (χ4n) is 1.89. The monoisotopic (exact) mass is 347 g/mol. The lowest BCUT2D eigenvalue weighted by Gasteiger charge is -2.12. The highest BCUT2D eigenvalue weighted by Gasteiger charge is 2.22. The fraction of sp³-hybridized carbons (Fsp3) is 0.312. The second-order valence-corrected chi connectivity index (χ2v) is 5.14. The molecule has 0 saturated carbocycles. The highest BCUT2D eigenvalue weighted by molar-refractivity contribution is 5.89. The molecule has 1 atom stereocenters. The van der Waals surface area contributed by atoms with E-state index in [2.05, 4.69) is 5.32 Å². The number of benzene rings is 1. The van der Waals surface area contributed by atoms with Crippen LogP contribution in [0.4, 0.5) is 0 Å². The molecule has 0 aliphatic rings. The third kappa shape index (κ3) is 7.60. The van der Waals surface area contributed by atoms with Gasteiger partial charge < -0.3 is 20.8 Å². The number of hydrogen-bond donors (Lipinski definition) is 4. The van der Waals surface area contributed by atoms with Crippen LogP contribution in [0.1, 0.15) is 24.0 Å². The van der Waals surface area contributed by atoms with Gasteiger partial charge in [0.05, 0.1) is 24.6 Å². The van der Waals surface area contributed by atoms with E-state index in [-0.39, 0.29) is 6.42 Å². The van der Waals surface area contributed by atoms with Crippen LogP contribution in [0.2, 0.25) is 0 Å². The van der Waals surface area contributed by atoms with Gasteiger partial charge in [0.15, 0.2) is 0 Å². The summed E-state index contributed by atoms with van der Waals surface area (Å²) in [6.45, 7) is -0.449. The van der Waals surface area contributed by atoms with Crippen LogP contribution in [0.15, 0.2) is 24.3 Å². The minimum absolute atomic E-state index is 0.108. The van der Waals surface area contributed by atoms with Gasteiger partial charge in [-0.3, -0.25) is 14.4 Å². The summed E-state index contributed by atoms with van der Waals surface area (Å²) in [5, 5.41) is 30.4. The molecule has 1 aromatic rings. The number of amides is 2. The maximum Gasteiger partial charge on any atom is 0.326 e. The first-order valence-corrected chi connectivity index (χ1v) is 7.31. The summed E-state index contributed by atoms with van der Waals surface area (Å²) in [5.41, 5.74) is 1.37. The Morgan fingerprint density at radius 3 is 2.24 bits per heavy atom. The van der Waals surface area contributed by atoms with Gasteiger partial charge in [0.25, 0.3) is 0 Å². The Morgan fingerprint density at radius 2 is 1.72 bits per heavy atom. The molecule has 1 rings (SSSR count). The van der Waals surface area contributed by atoms with E-state index in [1.165, 1.54) is 0 Å². The lowest BCUT2D eigenvalue weighted by molar-refractivity contribution is -0.147. The summed E-state index contributed by atoms with van der Waals surface area (Å²) >= 11 is 0. The molecule has 1 aromatic carbocycles. The molecular weight excluding hydrogens is 330 g/mol. The molecule has 0 aliphatic heterocycles. The number of nitriles is 1. The van der Waals surface area contributed by atoms with E-state index in [0.717, 1.165) is 5.56 Å². The first kappa shape index (κ1) is 19.6. The molecule has 9 heteroatoms. The predicted octanol–water partition coefficient (Wildman–Crippen LogP) is -0.349. The minimum Gasteiger partial charge on any atom is -0.481 e. The molecule has 4 N–H and O–H groups in total. The summed E-state index contributed by atoms with van der Waals surface area (Å²) in [4.78, 5) is 44.6. The van der Waals surface area contributed by atoms with Crippen LogP contribution in [-0.2, 0) is 25.6 Å². The van der Waals surface area contributed by atoms with Crippen molar-refractivity contribution in [3.8, 4) is 6.07 Å². The molecule has 0 heterocycles. The van der Waals surface area contributed by atoms with E-state index < -0.39 is 42.8 Å². The van der Waals surface area contributed by atoms with Crippen LogP contribution in [0, 0.1) is 11.3 Å². The molecule has 0 aliphatic carbocycles. The number of carbonyl (C=O) groups excluding carboxylic acids is 2. The Morgan fingerprint density at radius 1 is 1.08 bits per heavy atom. The van der Waals surface area contributed by atoms with Gasteiger partial charge in [0, 0.05) is 6.42 Å². The largest absolute Gasteiger partial charge is 0.481 e. The number of carboxylic acids is 2. The molecule has 0 radical (unpaired) electrons. The van der Waals surface area contributed by atoms with Crippen molar-refractivity contribution in [2.45, 2.75) is 25.3 Å². The summed E-state index contributed by atoms with van der Waals surface area (Å²) < 4.78 is 0. The normalized spacial score (nSPS) is 11.0. The van der Waals surface area contributed by atoms with Gasteiger partial charge >= 0.3 is 11.9 Å². The minimum atomic E-state index is -1.56. The summed E-state index contributed by atoms with van der Waals surface area (Å²) in [6, 6.07) is 7.15. The SMILES string of the molecule is N#Cc1ccc(CCC(=O)NCC(=O)N[C@@H](CC(=O)O)C(=O)O)cc1.